The Morgan fingerprint density at radius 2 is 0.780 bits per heavy atom. The van der Waals surface area contributed by atoms with Gasteiger partial charge in [0.05, 0.1) is 0 Å². The quantitative estimate of drug-likeness (QED) is 0.175. The molecular formula is C49H37N. The summed E-state index contributed by atoms with van der Waals surface area (Å²) in [5, 5.41) is 2.64. The third kappa shape index (κ3) is 4.85. The zero-order valence-electron chi connectivity index (χ0n) is 28.3. The summed E-state index contributed by atoms with van der Waals surface area (Å²) in [7, 11) is 0. The van der Waals surface area contributed by atoms with E-state index in [1.807, 2.05) is 0 Å². The lowest BCUT2D eigenvalue weighted by atomic mass is 9.77. The van der Waals surface area contributed by atoms with Gasteiger partial charge in [-0.2, -0.15) is 0 Å². The molecule has 0 unspecified atom stereocenters. The Morgan fingerprint density at radius 1 is 0.340 bits per heavy atom. The third-order valence-electron chi connectivity index (χ3n) is 10.4. The predicted molar refractivity (Wildman–Crippen MR) is 213 cm³/mol. The van der Waals surface area contributed by atoms with E-state index < -0.39 is 0 Å². The van der Waals surface area contributed by atoms with Crippen LogP contribution in [0.25, 0.3) is 55.3 Å². The molecule has 8 aromatic rings. The van der Waals surface area contributed by atoms with Gasteiger partial charge in [0.2, 0.25) is 0 Å². The summed E-state index contributed by atoms with van der Waals surface area (Å²) < 4.78 is 0. The molecule has 0 fully saturated rings. The van der Waals surface area contributed by atoms with Crippen molar-refractivity contribution in [2.45, 2.75) is 19.3 Å². The number of hydrogen-bond donors (Lipinski definition) is 0. The van der Waals surface area contributed by atoms with Crippen LogP contribution in [-0.2, 0) is 5.41 Å². The molecular weight excluding hydrogens is 603 g/mol. The maximum absolute atomic E-state index is 2.39. The summed E-state index contributed by atoms with van der Waals surface area (Å²) >= 11 is 0. The molecule has 238 valence electrons. The van der Waals surface area contributed by atoms with Crippen LogP contribution in [0, 0.1) is 0 Å². The second-order valence-electron chi connectivity index (χ2n) is 13.7. The second-order valence-corrected chi connectivity index (χ2v) is 13.7. The minimum atomic E-state index is -0.120. The van der Waals surface area contributed by atoms with Crippen molar-refractivity contribution < 1.29 is 0 Å². The average Bonchev–Trinajstić information content (AvgIpc) is 3.42. The van der Waals surface area contributed by atoms with Crippen LogP contribution < -0.4 is 4.90 Å². The number of benzene rings is 8. The van der Waals surface area contributed by atoms with E-state index in [-0.39, 0.29) is 5.41 Å². The molecule has 0 amide bonds. The Balaban J connectivity index is 1.19. The first-order valence-corrected chi connectivity index (χ1v) is 17.5. The highest BCUT2D eigenvalue weighted by Crippen LogP contribution is 2.57. The van der Waals surface area contributed by atoms with Crippen LogP contribution in [0.3, 0.4) is 0 Å². The number of anilines is 3. The molecule has 1 heteroatoms. The molecule has 0 bridgehead atoms. The van der Waals surface area contributed by atoms with Crippen LogP contribution in [-0.4, -0.2) is 0 Å². The fourth-order valence-corrected chi connectivity index (χ4v) is 8.16. The average molecular weight is 640 g/mol. The van der Waals surface area contributed by atoms with Crippen LogP contribution in [0.4, 0.5) is 17.1 Å². The van der Waals surface area contributed by atoms with Gasteiger partial charge in [-0.1, -0.05) is 166 Å². The summed E-state index contributed by atoms with van der Waals surface area (Å²) in [6.07, 6.45) is 0. The maximum Gasteiger partial charge on any atom is 0.0462 e. The van der Waals surface area contributed by atoms with E-state index in [2.05, 4.69) is 207 Å². The molecule has 0 heterocycles. The van der Waals surface area contributed by atoms with Gasteiger partial charge in [-0.3, -0.25) is 0 Å². The fourth-order valence-electron chi connectivity index (χ4n) is 8.16. The van der Waals surface area contributed by atoms with Crippen molar-refractivity contribution in [2.75, 3.05) is 4.90 Å². The van der Waals surface area contributed by atoms with Gasteiger partial charge in [-0.05, 0) is 103 Å². The molecule has 0 aromatic heterocycles. The largest absolute Gasteiger partial charge is 0.311 e. The molecule has 0 spiro atoms. The number of fused-ring (bicyclic) bond motifs is 5. The lowest BCUT2D eigenvalue weighted by molar-refractivity contribution is 0.666. The molecule has 0 N–H and O–H groups in total. The minimum Gasteiger partial charge on any atom is -0.311 e. The van der Waals surface area contributed by atoms with Gasteiger partial charge in [0.1, 0.15) is 0 Å². The van der Waals surface area contributed by atoms with E-state index in [0.717, 1.165) is 17.1 Å². The molecule has 0 atom stereocenters. The summed E-state index contributed by atoms with van der Waals surface area (Å²) in [5.41, 5.74) is 16.3. The molecule has 0 saturated heterocycles. The lowest BCUT2D eigenvalue weighted by Crippen LogP contribution is -2.15. The van der Waals surface area contributed by atoms with Crippen LogP contribution >= 0.6 is 0 Å². The molecule has 8 aromatic carbocycles. The topological polar surface area (TPSA) is 3.24 Å². The Kier molecular flexibility index (Phi) is 7.21. The number of para-hydroxylation sites is 2. The molecule has 1 nitrogen and oxygen atoms in total. The van der Waals surface area contributed by atoms with Gasteiger partial charge in [-0.15, -0.1) is 0 Å². The normalized spacial score (nSPS) is 12.8. The number of hydrogen-bond acceptors (Lipinski definition) is 1. The predicted octanol–water partition coefficient (Wildman–Crippen LogP) is 13.6. The van der Waals surface area contributed by atoms with E-state index in [4.69, 9.17) is 0 Å². The Hall–Kier alpha value is -6.18. The zero-order valence-corrected chi connectivity index (χ0v) is 28.3. The van der Waals surface area contributed by atoms with Gasteiger partial charge >= 0.3 is 0 Å². The number of nitrogens with zero attached hydrogens (tertiary/aromatic N) is 1. The molecule has 1 aliphatic carbocycles. The maximum atomic E-state index is 2.39. The molecule has 1 aliphatic rings. The standard InChI is InChI=1S/C49H37N/c1-49(2)44-25-15-14-24-43(44)47-46(45(36-16-6-3-7-17-36)41-22-12-13-23-42(41)48(47)49)37-28-26-34(27-29-37)35-30-32-40(33-31-35)50(38-18-8-4-9-19-38)39-20-10-5-11-21-39/h3-33H,1-2H3. The van der Waals surface area contributed by atoms with Crippen LogP contribution in [0.2, 0.25) is 0 Å². The monoisotopic (exact) mass is 639 g/mol. The highest BCUT2D eigenvalue weighted by Gasteiger charge is 2.39. The minimum absolute atomic E-state index is 0.120. The van der Waals surface area contributed by atoms with Gasteiger partial charge in [-0.25, -0.2) is 0 Å². The summed E-state index contributed by atoms with van der Waals surface area (Å²) in [5.74, 6) is 0. The summed E-state index contributed by atoms with van der Waals surface area (Å²) in [6, 6.07) is 68.3. The zero-order chi connectivity index (χ0) is 33.7. The van der Waals surface area contributed by atoms with Crippen LogP contribution in [0.15, 0.2) is 188 Å². The number of rotatable bonds is 6. The Morgan fingerprint density at radius 3 is 1.40 bits per heavy atom. The van der Waals surface area contributed by atoms with Crippen molar-refractivity contribution >= 4 is 27.8 Å². The molecule has 0 saturated carbocycles. The SMILES string of the molecule is CC1(C)c2ccccc2-c2c(-c3ccc(-c4ccc(N(c5ccccc5)c5ccccc5)cc4)cc3)c(-c3ccccc3)c3ccccc3c21. The molecule has 9 rings (SSSR count). The fraction of sp³-hybridized carbons (Fsp3) is 0.0612. The first kappa shape index (κ1) is 29.9. The Bertz CT molecular complexity index is 2420. The summed E-state index contributed by atoms with van der Waals surface area (Å²) in [4.78, 5) is 2.30. The van der Waals surface area contributed by atoms with E-state index in [0.29, 0.717) is 0 Å². The van der Waals surface area contributed by atoms with Crippen LogP contribution in [0.5, 0.6) is 0 Å². The van der Waals surface area contributed by atoms with Crippen molar-refractivity contribution in [1.82, 2.24) is 0 Å². The third-order valence-corrected chi connectivity index (χ3v) is 10.4. The molecule has 0 radical (unpaired) electrons. The second kappa shape index (κ2) is 12.1. The lowest BCUT2D eigenvalue weighted by Gasteiger charge is -2.26. The first-order valence-electron chi connectivity index (χ1n) is 17.5. The highest BCUT2D eigenvalue weighted by atomic mass is 15.1. The van der Waals surface area contributed by atoms with E-state index >= 15 is 0 Å². The van der Waals surface area contributed by atoms with Crippen molar-refractivity contribution in [3.8, 4) is 44.5 Å². The smallest absolute Gasteiger partial charge is 0.0462 e. The van der Waals surface area contributed by atoms with E-state index in [1.54, 1.807) is 0 Å². The van der Waals surface area contributed by atoms with Crippen molar-refractivity contribution in [3.63, 3.8) is 0 Å². The first-order chi connectivity index (χ1) is 24.6. The van der Waals surface area contributed by atoms with Crippen molar-refractivity contribution in [2.24, 2.45) is 0 Å². The van der Waals surface area contributed by atoms with Gasteiger partial charge in [0.15, 0.2) is 0 Å². The van der Waals surface area contributed by atoms with Gasteiger partial charge in [0, 0.05) is 22.5 Å². The van der Waals surface area contributed by atoms with Gasteiger partial charge < -0.3 is 4.90 Å². The Labute approximate surface area is 294 Å². The highest BCUT2D eigenvalue weighted by molar-refractivity contribution is 6.14. The van der Waals surface area contributed by atoms with Crippen molar-refractivity contribution in [3.05, 3.63) is 199 Å². The molecule has 0 aliphatic heterocycles. The van der Waals surface area contributed by atoms with Crippen molar-refractivity contribution in [1.29, 1.82) is 0 Å². The van der Waals surface area contributed by atoms with Crippen LogP contribution in [0.1, 0.15) is 25.0 Å². The molecule has 50 heavy (non-hydrogen) atoms. The summed E-state index contributed by atoms with van der Waals surface area (Å²) in [6.45, 7) is 4.78. The van der Waals surface area contributed by atoms with E-state index in [1.165, 1.54) is 66.4 Å². The van der Waals surface area contributed by atoms with E-state index in [9.17, 15) is 0 Å². The van der Waals surface area contributed by atoms with Gasteiger partial charge in [0.25, 0.3) is 0 Å².